The molecule has 2 fully saturated rings. The van der Waals surface area contributed by atoms with Crippen molar-refractivity contribution in [2.75, 3.05) is 19.7 Å². The monoisotopic (exact) mass is 275 g/mol. The molecule has 2 saturated heterocycles. The molecule has 1 aromatic rings. The van der Waals surface area contributed by atoms with Gasteiger partial charge in [0, 0.05) is 12.6 Å². The summed E-state index contributed by atoms with van der Waals surface area (Å²) in [6, 6.07) is 7.24. The van der Waals surface area contributed by atoms with Crippen molar-refractivity contribution in [3.8, 4) is 0 Å². The van der Waals surface area contributed by atoms with E-state index in [9.17, 15) is 0 Å². The molecule has 0 bridgehead atoms. The zero-order chi connectivity index (χ0) is 14.1. The summed E-state index contributed by atoms with van der Waals surface area (Å²) in [5, 5.41) is 0. The first-order valence-electron chi connectivity index (χ1n) is 7.58. The zero-order valence-corrected chi connectivity index (χ0v) is 12.4. The van der Waals surface area contributed by atoms with E-state index in [-0.39, 0.29) is 12.1 Å². The molecule has 20 heavy (non-hydrogen) atoms. The van der Waals surface area contributed by atoms with Crippen molar-refractivity contribution < 1.29 is 4.74 Å². The van der Waals surface area contributed by atoms with Crippen LogP contribution in [0.5, 0.6) is 0 Å². The summed E-state index contributed by atoms with van der Waals surface area (Å²) >= 11 is 0. The van der Waals surface area contributed by atoms with E-state index in [1.807, 2.05) is 0 Å². The minimum atomic E-state index is 0.0656. The number of rotatable bonds is 3. The van der Waals surface area contributed by atoms with Crippen molar-refractivity contribution in [1.82, 2.24) is 10.3 Å². The fraction of sp³-hybridized carbons (Fsp3) is 0.625. The summed E-state index contributed by atoms with van der Waals surface area (Å²) < 4.78 is 6.09. The van der Waals surface area contributed by atoms with E-state index in [2.05, 4.69) is 42.4 Å². The molecule has 0 saturated carbocycles. The summed E-state index contributed by atoms with van der Waals surface area (Å²) in [5.74, 6) is 5.81. The number of hydrazine groups is 1. The van der Waals surface area contributed by atoms with E-state index < -0.39 is 0 Å². The average Bonchev–Trinajstić information content (AvgIpc) is 2.91. The second-order valence-electron chi connectivity index (χ2n) is 6.15. The second kappa shape index (κ2) is 5.82. The molecule has 0 aliphatic carbocycles. The molecule has 0 aromatic heterocycles. The minimum Gasteiger partial charge on any atom is -0.373 e. The number of hydrogen-bond donors (Lipinski definition) is 2. The molecule has 3 rings (SSSR count). The van der Waals surface area contributed by atoms with Gasteiger partial charge in [0.25, 0.3) is 0 Å². The van der Waals surface area contributed by atoms with Gasteiger partial charge in [-0.05, 0) is 49.9 Å². The Balaban J connectivity index is 1.77. The van der Waals surface area contributed by atoms with Crippen LogP contribution in [0.2, 0.25) is 0 Å². The Morgan fingerprint density at radius 2 is 2.20 bits per heavy atom. The molecule has 0 spiro atoms. The van der Waals surface area contributed by atoms with E-state index in [4.69, 9.17) is 10.6 Å². The van der Waals surface area contributed by atoms with Gasteiger partial charge in [-0.25, -0.2) is 0 Å². The molecule has 3 atom stereocenters. The third-order valence-corrected chi connectivity index (χ3v) is 4.86. The first-order chi connectivity index (χ1) is 9.69. The van der Waals surface area contributed by atoms with Crippen LogP contribution >= 0.6 is 0 Å². The van der Waals surface area contributed by atoms with E-state index in [1.165, 1.54) is 36.1 Å². The van der Waals surface area contributed by atoms with Crippen molar-refractivity contribution in [2.45, 2.75) is 44.9 Å². The van der Waals surface area contributed by atoms with Crippen LogP contribution in [-0.2, 0) is 4.74 Å². The lowest BCUT2D eigenvalue weighted by molar-refractivity contribution is -0.0653. The highest BCUT2D eigenvalue weighted by molar-refractivity contribution is 5.32. The number of aryl methyl sites for hydroxylation is 2. The van der Waals surface area contributed by atoms with Crippen LogP contribution in [0.1, 0.15) is 35.6 Å². The molecule has 3 unspecified atom stereocenters. The number of benzene rings is 1. The Morgan fingerprint density at radius 1 is 1.35 bits per heavy atom. The van der Waals surface area contributed by atoms with Gasteiger partial charge in [-0.15, -0.1) is 0 Å². The van der Waals surface area contributed by atoms with Crippen molar-refractivity contribution in [3.63, 3.8) is 0 Å². The molecule has 2 aliphatic rings. The van der Waals surface area contributed by atoms with Crippen molar-refractivity contribution in [1.29, 1.82) is 0 Å². The minimum absolute atomic E-state index is 0.0656. The van der Waals surface area contributed by atoms with E-state index in [0.717, 1.165) is 13.2 Å². The van der Waals surface area contributed by atoms with E-state index in [0.29, 0.717) is 6.04 Å². The molecule has 3 N–H and O–H groups in total. The van der Waals surface area contributed by atoms with Crippen molar-refractivity contribution in [2.24, 2.45) is 5.84 Å². The standard InChI is InChI=1S/C16H25N3O/c1-11-5-6-13(8-12(11)2)16(18-17)15-9-19-7-3-4-14(19)10-20-15/h5-6,8,14-16,18H,3-4,7,9-10,17H2,1-2H3. The van der Waals surface area contributed by atoms with Crippen LogP contribution in [0.4, 0.5) is 0 Å². The maximum atomic E-state index is 6.09. The van der Waals surface area contributed by atoms with Gasteiger partial charge in [0.05, 0.1) is 18.8 Å². The SMILES string of the molecule is Cc1ccc(C(NN)C2CN3CCCC3CO2)cc1C. The molecule has 110 valence electrons. The summed E-state index contributed by atoms with van der Waals surface area (Å²) in [4.78, 5) is 2.56. The van der Waals surface area contributed by atoms with Crippen molar-refractivity contribution in [3.05, 3.63) is 34.9 Å². The number of hydrogen-bond acceptors (Lipinski definition) is 4. The first-order valence-corrected chi connectivity index (χ1v) is 7.58. The summed E-state index contributed by atoms with van der Waals surface area (Å²) in [7, 11) is 0. The maximum absolute atomic E-state index is 6.09. The highest BCUT2D eigenvalue weighted by Gasteiger charge is 2.36. The smallest absolute Gasteiger partial charge is 0.0910 e. The van der Waals surface area contributed by atoms with Gasteiger partial charge in [0.15, 0.2) is 0 Å². The van der Waals surface area contributed by atoms with Gasteiger partial charge in [0.2, 0.25) is 0 Å². The predicted molar refractivity (Wildman–Crippen MR) is 80.3 cm³/mol. The molecule has 1 aromatic carbocycles. The van der Waals surface area contributed by atoms with Gasteiger partial charge in [-0.2, -0.15) is 0 Å². The highest BCUT2D eigenvalue weighted by atomic mass is 16.5. The van der Waals surface area contributed by atoms with E-state index in [1.54, 1.807) is 0 Å². The summed E-state index contributed by atoms with van der Waals surface area (Å²) in [5.41, 5.74) is 6.80. The van der Waals surface area contributed by atoms with Crippen LogP contribution in [0.3, 0.4) is 0 Å². The van der Waals surface area contributed by atoms with Crippen LogP contribution in [0.15, 0.2) is 18.2 Å². The van der Waals surface area contributed by atoms with Gasteiger partial charge in [-0.1, -0.05) is 18.2 Å². The third kappa shape index (κ3) is 2.61. The number of nitrogens with zero attached hydrogens (tertiary/aromatic N) is 1. The Hall–Kier alpha value is -0.940. The fourth-order valence-corrected chi connectivity index (χ4v) is 3.42. The number of fused-ring (bicyclic) bond motifs is 1. The maximum Gasteiger partial charge on any atom is 0.0910 e. The van der Waals surface area contributed by atoms with Crippen LogP contribution in [0, 0.1) is 13.8 Å². The summed E-state index contributed by atoms with van der Waals surface area (Å²) in [6.07, 6.45) is 2.71. The lowest BCUT2D eigenvalue weighted by Crippen LogP contribution is -2.51. The molecule has 2 aliphatic heterocycles. The largest absolute Gasteiger partial charge is 0.373 e. The lowest BCUT2D eigenvalue weighted by atomic mass is 9.96. The van der Waals surface area contributed by atoms with Crippen LogP contribution in [-0.4, -0.2) is 36.7 Å². The Bertz CT molecular complexity index is 477. The Kier molecular flexibility index (Phi) is 4.08. The zero-order valence-electron chi connectivity index (χ0n) is 12.4. The molecule has 0 amide bonds. The number of nitrogens with one attached hydrogen (secondary N) is 1. The van der Waals surface area contributed by atoms with Gasteiger partial charge in [-0.3, -0.25) is 16.2 Å². The summed E-state index contributed by atoms with van der Waals surface area (Å²) in [6.45, 7) is 7.30. The average molecular weight is 275 g/mol. The van der Waals surface area contributed by atoms with Gasteiger partial charge < -0.3 is 4.74 Å². The second-order valence-corrected chi connectivity index (χ2v) is 6.15. The number of ether oxygens (including phenoxy) is 1. The van der Waals surface area contributed by atoms with Crippen LogP contribution < -0.4 is 11.3 Å². The Labute approximate surface area is 121 Å². The topological polar surface area (TPSA) is 50.5 Å². The van der Waals surface area contributed by atoms with E-state index >= 15 is 0 Å². The van der Waals surface area contributed by atoms with Gasteiger partial charge in [0.1, 0.15) is 0 Å². The Morgan fingerprint density at radius 3 is 2.95 bits per heavy atom. The number of morpholine rings is 1. The van der Waals surface area contributed by atoms with Crippen molar-refractivity contribution >= 4 is 0 Å². The highest BCUT2D eigenvalue weighted by Crippen LogP contribution is 2.29. The molecule has 4 heteroatoms. The molecular weight excluding hydrogens is 250 g/mol. The molecular formula is C16H25N3O. The first kappa shape index (κ1) is 14.0. The predicted octanol–water partition coefficient (Wildman–Crippen LogP) is 1.67. The third-order valence-electron chi connectivity index (χ3n) is 4.86. The lowest BCUT2D eigenvalue weighted by Gasteiger charge is -2.38. The van der Waals surface area contributed by atoms with Crippen LogP contribution in [0.25, 0.3) is 0 Å². The molecule has 0 radical (unpaired) electrons. The number of nitrogens with two attached hydrogens (primary N) is 1. The molecule has 4 nitrogen and oxygen atoms in total. The van der Waals surface area contributed by atoms with Gasteiger partial charge >= 0.3 is 0 Å². The normalized spacial score (nSPS) is 28.4. The molecule has 2 heterocycles. The fourth-order valence-electron chi connectivity index (χ4n) is 3.42. The quantitative estimate of drug-likeness (QED) is 0.651.